The minimum absolute atomic E-state index is 0. The number of anilines is 1. The van der Waals surface area contributed by atoms with Gasteiger partial charge in [-0.1, -0.05) is 13.0 Å². The summed E-state index contributed by atoms with van der Waals surface area (Å²) < 4.78 is 2.25. The van der Waals surface area contributed by atoms with Gasteiger partial charge in [0, 0.05) is 31.4 Å². The van der Waals surface area contributed by atoms with Crippen molar-refractivity contribution in [1.82, 2.24) is 14.8 Å². The number of amides is 1. The number of nitrogens with zero attached hydrogens (tertiary/aromatic N) is 2. The minimum Gasteiger partial charge on any atom is -0.346 e. The summed E-state index contributed by atoms with van der Waals surface area (Å²) in [5.74, 6) is 1.22. The summed E-state index contributed by atoms with van der Waals surface area (Å²) in [5, 5.41) is 7.71. The second kappa shape index (κ2) is 11.7. The fourth-order valence-electron chi connectivity index (χ4n) is 3.85. The molecule has 1 atom stereocenters. The first kappa shape index (κ1) is 24.8. The summed E-state index contributed by atoms with van der Waals surface area (Å²) in [5.41, 5.74) is 2.07. The van der Waals surface area contributed by atoms with Crippen LogP contribution in [0.2, 0.25) is 0 Å². The van der Waals surface area contributed by atoms with E-state index in [1.54, 1.807) is 0 Å². The largest absolute Gasteiger partial charge is 0.346 e. The first-order valence-corrected chi connectivity index (χ1v) is 9.77. The summed E-state index contributed by atoms with van der Waals surface area (Å²) in [4.78, 5) is 14.7. The van der Waals surface area contributed by atoms with E-state index in [2.05, 4.69) is 65.5 Å². The molecule has 3 rings (SSSR count). The van der Waals surface area contributed by atoms with E-state index in [0.29, 0.717) is 18.3 Å². The maximum atomic E-state index is 12.5. The van der Waals surface area contributed by atoms with Gasteiger partial charge in [0.2, 0.25) is 5.91 Å². The van der Waals surface area contributed by atoms with E-state index in [1.165, 1.54) is 23.7 Å². The Morgan fingerprint density at radius 3 is 2.64 bits per heavy atom. The second-order valence-electron chi connectivity index (χ2n) is 7.90. The third-order valence-electron chi connectivity index (χ3n) is 5.54. The van der Waals surface area contributed by atoms with Crippen LogP contribution in [0.3, 0.4) is 0 Å². The summed E-state index contributed by atoms with van der Waals surface area (Å²) in [7, 11) is 4.17. The van der Waals surface area contributed by atoms with Gasteiger partial charge in [-0.3, -0.25) is 4.79 Å². The lowest BCUT2D eigenvalue weighted by Crippen LogP contribution is -2.32. The van der Waals surface area contributed by atoms with Crippen molar-refractivity contribution in [3.63, 3.8) is 0 Å². The SMILES string of the molecule is CC(CC(=O)Nc1ccc2ccn(CCN(C)C)c2c1)C1CCNCC1.Cl.Cl. The molecule has 1 saturated heterocycles. The molecule has 0 bridgehead atoms. The highest BCUT2D eigenvalue weighted by Gasteiger charge is 2.22. The van der Waals surface area contributed by atoms with Crippen LogP contribution in [0.25, 0.3) is 10.9 Å². The maximum absolute atomic E-state index is 12.5. The van der Waals surface area contributed by atoms with E-state index in [4.69, 9.17) is 0 Å². The monoisotopic (exact) mass is 428 g/mol. The Morgan fingerprint density at radius 2 is 1.96 bits per heavy atom. The zero-order valence-corrected chi connectivity index (χ0v) is 18.7. The number of hydrogen-bond donors (Lipinski definition) is 2. The first-order valence-electron chi connectivity index (χ1n) is 9.77. The molecule has 0 saturated carbocycles. The van der Waals surface area contributed by atoms with Gasteiger partial charge in [-0.15, -0.1) is 24.8 Å². The summed E-state index contributed by atoms with van der Waals surface area (Å²) >= 11 is 0. The van der Waals surface area contributed by atoms with Gasteiger partial charge < -0.3 is 20.1 Å². The number of benzene rings is 1. The molecule has 0 spiro atoms. The van der Waals surface area contributed by atoms with E-state index < -0.39 is 0 Å². The van der Waals surface area contributed by atoms with E-state index in [0.717, 1.165) is 31.9 Å². The molecular formula is C21H34Cl2N4O. The predicted molar refractivity (Wildman–Crippen MR) is 123 cm³/mol. The van der Waals surface area contributed by atoms with Gasteiger partial charge in [0.15, 0.2) is 0 Å². The topological polar surface area (TPSA) is 49.3 Å². The number of fused-ring (bicyclic) bond motifs is 1. The summed E-state index contributed by atoms with van der Waals surface area (Å²) in [6.45, 7) is 6.31. The van der Waals surface area contributed by atoms with Crippen LogP contribution in [0.5, 0.6) is 0 Å². The third kappa shape index (κ3) is 6.66. The Bertz CT molecular complexity index is 741. The number of halogens is 2. The highest BCUT2D eigenvalue weighted by atomic mass is 35.5. The molecule has 2 heterocycles. The number of aromatic nitrogens is 1. The molecule has 5 nitrogen and oxygen atoms in total. The van der Waals surface area contributed by atoms with Crippen molar-refractivity contribution < 1.29 is 4.79 Å². The smallest absolute Gasteiger partial charge is 0.224 e. The molecule has 1 unspecified atom stereocenters. The standard InChI is InChI=1S/C21H32N4O.2ClH/c1-16(17-6-9-22-10-7-17)14-21(26)23-19-5-4-18-8-11-25(20(18)15-19)13-12-24(2)3;;/h4-5,8,11,15-17,22H,6-7,9-10,12-14H2,1-3H3,(H,23,26);2*1H. The van der Waals surface area contributed by atoms with Gasteiger partial charge in [-0.25, -0.2) is 0 Å². The lowest BCUT2D eigenvalue weighted by atomic mass is 9.84. The summed E-state index contributed by atoms with van der Waals surface area (Å²) in [6, 6.07) is 8.33. The highest BCUT2D eigenvalue weighted by Crippen LogP contribution is 2.25. The Kier molecular flexibility index (Phi) is 10.3. The van der Waals surface area contributed by atoms with Gasteiger partial charge in [-0.2, -0.15) is 0 Å². The van der Waals surface area contributed by atoms with Crippen molar-refractivity contribution in [1.29, 1.82) is 0 Å². The minimum atomic E-state index is 0. The molecule has 1 aromatic carbocycles. The number of carbonyl (C=O) groups excluding carboxylic acids is 1. The van der Waals surface area contributed by atoms with Crippen LogP contribution >= 0.6 is 24.8 Å². The number of carbonyl (C=O) groups is 1. The number of likely N-dealkylation sites (N-methyl/N-ethyl adjacent to an activating group) is 1. The van der Waals surface area contributed by atoms with Crippen LogP contribution in [0.15, 0.2) is 30.5 Å². The van der Waals surface area contributed by atoms with Crippen LogP contribution in [0, 0.1) is 11.8 Å². The van der Waals surface area contributed by atoms with Gasteiger partial charge >= 0.3 is 0 Å². The summed E-state index contributed by atoms with van der Waals surface area (Å²) in [6.07, 6.45) is 5.09. The predicted octanol–water partition coefficient (Wildman–Crippen LogP) is 4.01. The lowest BCUT2D eigenvalue weighted by molar-refractivity contribution is -0.117. The Hall–Kier alpha value is -1.27. The molecule has 28 heavy (non-hydrogen) atoms. The van der Waals surface area contributed by atoms with Crippen molar-refractivity contribution in [2.45, 2.75) is 32.7 Å². The molecule has 7 heteroatoms. The van der Waals surface area contributed by atoms with Crippen molar-refractivity contribution in [3.8, 4) is 0 Å². The molecule has 0 aliphatic carbocycles. The third-order valence-corrected chi connectivity index (χ3v) is 5.54. The Morgan fingerprint density at radius 1 is 1.25 bits per heavy atom. The van der Waals surface area contributed by atoms with E-state index in [1.807, 2.05) is 6.07 Å². The second-order valence-corrected chi connectivity index (χ2v) is 7.90. The highest BCUT2D eigenvalue weighted by molar-refractivity contribution is 5.93. The average Bonchev–Trinajstić information content (AvgIpc) is 3.03. The first-order chi connectivity index (χ1) is 12.5. The van der Waals surface area contributed by atoms with Crippen LogP contribution in [0.4, 0.5) is 5.69 Å². The van der Waals surface area contributed by atoms with Gasteiger partial charge in [-0.05, 0) is 75.4 Å². The quantitative estimate of drug-likeness (QED) is 0.699. The molecule has 1 amide bonds. The Labute approximate surface area is 181 Å². The normalized spacial score (nSPS) is 15.7. The molecule has 158 valence electrons. The van der Waals surface area contributed by atoms with Crippen molar-refractivity contribution in [3.05, 3.63) is 30.5 Å². The molecule has 2 aromatic rings. The zero-order chi connectivity index (χ0) is 18.5. The van der Waals surface area contributed by atoms with Crippen molar-refractivity contribution in [2.75, 3.05) is 39.0 Å². The van der Waals surface area contributed by atoms with Gasteiger partial charge in [0.05, 0.1) is 5.52 Å². The van der Waals surface area contributed by atoms with Crippen LogP contribution in [-0.2, 0) is 11.3 Å². The molecule has 0 radical (unpaired) electrons. The molecule has 1 aliphatic rings. The lowest BCUT2D eigenvalue weighted by Gasteiger charge is -2.27. The molecule has 1 fully saturated rings. The van der Waals surface area contributed by atoms with Crippen molar-refractivity contribution >= 4 is 47.3 Å². The molecule has 2 N–H and O–H groups in total. The number of hydrogen-bond acceptors (Lipinski definition) is 3. The number of piperidine rings is 1. The average molecular weight is 429 g/mol. The number of rotatable bonds is 7. The van der Waals surface area contributed by atoms with Crippen LogP contribution < -0.4 is 10.6 Å². The number of nitrogens with one attached hydrogen (secondary N) is 2. The van der Waals surface area contributed by atoms with Crippen LogP contribution in [-0.4, -0.2) is 49.1 Å². The molecule has 1 aromatic heterocycles. The Balaban J connectivity index is 0.00000196. The maximum Gasteiger partial charge on any atom is 0.224 e. The van der Waals surface area contributed by atoms with Gasteiger partial charge in [0.25, 0.3) is 0 Å². The van der Waals surface area contributed by atoms with Crippen molar-refractivity contribution in [2.24, 2.45) is 11.8 Å². The van der Waals surface area contributed by atoms with E-state index in [-0.39, 0.29) is 30.7 Å². The fourth-order valence-corrected chi connectivity index (χ4v) is 3.85. The molecular weight excluding hydrogens is 395 g/mol. The van der Waals surface area contributed by atoms with Gasteiger partial charge in [0.1, 0.15) is 0 Å². The zero-order valence-electron chi connectivity index (χ0n) is 17.1. The molecule has 1 aliphatic heterocycles. The van der Waals surface area contributed by atoms with E-state index in [9.17, 15) is 4.79 Å². The van der Waals surface area contributed by atoms with E-state index >= 15 is 0 Å². The fraction of sp³-hybridized carbons (Fsp3) is 0.571. The van der Waals surface area contributed by atoms with Crippen LogP contribution in [0.1, 0.15) is 26.2 Å².